The largest absolute Gasteiger partial charge is 0.496 e. The number of aryl methyl sites for hydroxylation is 1. The minimum absolute atomic E-state index is 0.125. The highest BCUT2D eigenvalue weighted by Crippen LogP contribution is 2.39. The lowest BCUT2D eigenvalue weighted by molar-refractivity contribution is -0.135. The van der Waals surface area contributed by atoms with Crippen LogP contribution in [0.5, 0.6) is 11.5 Å². The van der Waals surface area contributed by atoms with Crippen LogP contribution < -0.4 is 15.0 Å². The van der Waals surface area contributed by atoms with E-state index in [1.54, 1.807) is 20.1 Å². The SMILES string of the molecule is COc1ccccc1[C@@H]1CC(=O)Oc2cc(C)[nH]c(=O)c21. The number of hydrogen-bond donors (Lipinski definition) is 1. The predicted molar refractivity (Wildman–Crippen MR) is 76.9 cm³/mol. The molecule has 0 fully saturated rings. The molecule has 2 aromatic rings. The van der Waals surface area contributed by atoms with Crippen LogP contribution in [0.2, 0.25) is 0 Å². The fraction of sp³-hybridized carbons (Fsp3) is 0.250. The van der Waals surface area contributed by atoms with Gasteiger partial charge in [-0.15, -0.1) is 0 Å². The number of pyridine rings is 1. The quantitative estimate of drug-likeness (QED) is 0.858. The number of fused-ring (bicyclic) bond motifs is 1. The summed E-state index contributed by atoms with van der Waals surface area (Å²) in [5.74, 6) is 0.289. The van der Waals surface area contributed by atoms with Gasteiger partial charge in [-0.2, -0.15) is 0 Å². The number of aromatic amines is 1. The maximum Gasteiger partial charge on any atom is 0.312 e. The molecule has 0 radical (unpaired) electrons. The van der Waals surface area contributed by atoms with Gasteiger partial charge in [0.25, 0.3) is 5.56 Å². The van der Waals surface area contributed by atoms with E-state index in [1.165, 1.54) is 0 Å². The summed E-state index contributed by atoms with van der Waals surface area (Å²) in [5.41, 5.74) is 1.72. The van der Waals surface area contributed by atoms with Gasteiger partial charge in [0.1, 0.15) is 11.5 Å². The molecule has 1 aromatic carbocycles. The zero-order valence-corrected chi connectivity index (χ0v) is 11.8. The van der Waals surface area contributed by atoms with Crippen LogP contribution >= 0.6 is 0 Å². The van der Waals surface area contributed by atoms with Crippen molar-refractivity contribution in [2.75, 3.05) is 7.11 Å². The molecule has 0 spiro atoms. The van der Waals surface area contributed by atoms with Crippen LogP contribution in [0.3, 0.4) is 0 Å². The second kappa shape index (κ2) is 5.09. The van der Waals surface area contributed by atoms with E-state index in [2.05, 4.69) is 4.98 Å². The van der Waals surface area contributed by atoms with Gasteiger partial charge >= 0.3 is 5.97 Å². The van der Waals surface area contributed by atoms with Crippen LogP contribution in [-0.2, 0) is 4.79 Å². The summed E-state index contributed by atoms with van der Waals surface area (Å²) >= 11 is 0. The highest BCUT2D eigenvalue weighted by Gasteiger charge is 2.32. The Bertz CT molecular complexity index is 763. The molecule has 1 aliphatic rings. The summed E-state index contributed by atoms with van der Waals surface area (Å²) in [5, 5.41) is 0. The molecule has 5 nitrogen and oxygen atoms in total. The molecular formula is C16H15NO4. The third kappa shape index (κ3) is 2.31. The van der Waals surface area contributed by atoms with Gasteiger partial charge in [-0.25, -0.2) is 0 Å². The summed E-state index contributed by atoms with van der Waals surface area (Å²) in [6.45, 7) is 1.75. The molecule has 108 valence electrons. The van der Waals surface area contributed by atoms with Crippen LogP contribution in [0.25, 0.3) is 0 Å². The highest BCUT2D eigenvalue weighted by atomic mass is 16.5. The third-order valence-corrected chi connectivity index (χ3v) is 3.63. The number of rotatable bonds is 2. The number of nitrogens with one attached hydrogen (secondary N) is 1. The molecule has 0 unspecified atom stereocenters. The lowest BCUT2D eigenvalue weighted by Gasteiger charge is -2.25. The van der Waals surface area contributed by atoms with Crippen LogP contribution in [0.15, 0.2) is 35.1 Å². The molecule has 1 aromatic heterocycles. The smallest absolute Gasteiger partial charge is 0.312 e. The van der Waals surface area contributed by atoms with Gasteiger partial charge < -0.3 is 14.5 Å². The van der Waals surface area contributed by atoms with Crippen molar-refractivity contribution in [3.05, 3.63) is 57.5 Å². The molecule has 21 heavy (non-hydrogen) atoms. The molecule has 3 rings (SSSR count). The molecule has 0 amide bonds. The van der Waals surface area contributed by atoms with E-state index in [9.17, 15) is 9.59 Å². The van der Waals surface area contributed by atoms with Gasteiger partial charge in [-0.1, -0.05) is 18.2 Å². The molecule has 0 saturated carbocycles. The van der Waals surface area contributed by atoms with E-state index >= 15 is 0 Å². The van der Waals surface area contributed by atoms with Crippen molar-refractivity contribution in [3.63, 3.8) is 0 Å². The Labute approximate surface area is 121 Å². The Kier molecular flexibility index (Phi) is 3.25. The number of para-hydroxylation sites is 1. The first-order valence-corrected chi connectivity index (χ1v) is 6.67. The van der Waals surface area contributed by atoms with E-state index in [-0.39, 0.29) is 23.9 Å². The van der Waals surface area contributed by atoms with Gasteiger partial charge in [0, 0.05) is 23.2 Å². The number of carbonyl (C=O) groups excluding carboxylic acids is 1. The highest BCUT2D eigenvalue weighted by molar-refractivity contribution is 5.77. The van der Waals surface area contributed by atoms with Gasteiger partial charge in [0.05, 0.1) is 19.1 Å². The number of H-pyrrole nitrogens is 1. The van der Waals surface area contributed by atoms with Crippen molar-refractivity contribution in [2.45, 2.75) is 19.3 Å². The molecule has 0 saturated heterocycles. The van der Waals surface area contributed by atoms with Crippen molar-refractivity contribution in [1.82, 2.24) is 4.98 Å². The molecule has 5 heteroatoms. The average molecular weight is 285 g/mol. The van der Waals surface area contributed by atoms with Crippen molar-refractivity contribution < 1.29 is 14.3 Å². The molecular weight excluding hydrogens is 270 g/mol. The van der Waals surface area contributed by atoms with Crippen LogP contribution in [0, 0.1) is 6.92 Å². The van der Waals surface area contributed by atoms with Crippen molar-refractivity contribution in [3.8, 4) is 11.5 Å². The van der Waals surface area contributed by atoms with Gasteiger partial charge in [-0.05, 0) is 13.0 Å². The summed E-state index contributed by atoms with van der Waals surface area (Å²) in [4.78, 5) is 26.9. The Balaban J connectivity index is 2.22. The van der Waals surface area contributed by atoms with Crippen LogP contribution in [0.1, 0.15) is 29.2 Å². The molecule has 1 N–H and O–H groups in total. The molecule has 1 aliphatic heterocycles. The Morgan fingerprint density at radius 2 is 2.05 bits per heavy atom. The van der Waals surface area contributed by atoms with Crippen molar-refractivity contribution >= 4 is 5.97 Å². The maximum atomic E-state index is 12.3. The van der Waals surface area contributed by atoms with Gasteiger partial charge in [0.15, 0.2) is 0 Å². The number of methoxy groups -OCH3 is 1. The van der Waals surface area contributed by atoms with E-state index < -0.39 is 0 Å². The molecule has 0 aliphatic carbocycles. The monoisotopic (exact) mass is 285 g/mol. The normalized spacial score (nSPS) is 17.0. The Morgan fingerprint density at radius 3 is 2.81 bits per heavy atom. The van der Waals surface area contributed by atoms with Crippen molar-refractivity contribution in [2.24, 2.45) is 0 Å². The number of hydrogen-bond acceptors (Lipinski definition) is 4. The molecule has 2 heterocycles. The Morgan fingerprint density at radius 1 is 1.29 bits per heavy atom. The number of esters is 1. The summed E-state index contributed by atoms with van der Waals surface area (Å²) in [6, 6.07) is 9.07. The van der Waals surface area contributed by atoms with E-state index in [0.29, 0.717) is 22.8 Å². The van der Waals surface area contributed by atoms with Gasteiger partial charge in [-0.3, -0.25) is 9.59 Å². The second-order valence-electron chi connectivity index (χ2n) is 5.03. The fourth-order valence-electron chi connectivity index (χ4n) is 2.74. The van der Waals surface area contributed by atoms with E-state index in [1.807, 2.05) is 24.3 Å². The number of carbonyl (C=O) groups is 1. The summed E-state index contributed by atoms with van der Waals surface area (Å²) in [7, 11) is 1.57. The maximum absolute atomic E-state index is 12.3. The second-order valence-corrected chi connectivity index (χ2v) is 5.03. The van der Waals surface area contributed by atoms with Crippen LogP contribution in [0.4, 0.5) is 0 Å². The predicted octanol–water partition coefficient (Wildman–Crippen LogP) is 2.13. The first-order valence-electron chi connectivity index (χ1n) is 6.67. The molecule has 0 bridgehead atoms. The Hall–Kier alpha value is -2.56. The zero-order chi connectivity index (χ0) is 15.0. The lowest BCUT2D eigenvalue weighted by atomic mass is 9.86. The number of aromatic nitrogens is 1. The van der Waals surface area contributed by atoms with Crippen molar-refractivity contribution in [1.29, 1.82) is 0 Å². The van der Waals surface area contributed by atoms with E-state index in [0.717, 1.165) is 5.56 Å². The average Bonchev–Trinajstić information content (AvgIpc) is 2.45. The standard InChI is InChI=1S/C16H15NO4/c1-9-7-13-15(16(19)17-9)11(8-14(18)21-13)10-5-3-4-6-12(10)20-2/h3-7,11H,8H2,1-2H3,(H,17,19)/t11-/m0/s1. The molecule has 1 atom stereocenters. The minimum Gasteiger partial charge on any atom is -0.496 e. The first-order chi connectivity index (χ1) is 10.1. The topological polar surface area (TPSA) is 68.4 Å². The zero-order valence-electron chi connectivity index (χ0n) is 11.8. The third-order valence-electron chi connectivity index (χ3n) is 3.63. The van der Waals surface area contributed by atoms with E-state index in [4.69, 9.17) is 9.47 Å². The first kappa shape index (κ1) is 13.4. The fourth-order valence-corrected chi connectivity index (χ4v) is 2.74. The minimum atomic E-state index is -0.359. The lowest BCUT2D eigenvalue weighted by Crippen LogP contribution is -2.28. The summed E-state index contributed by atoms with van der Waals surface area (Å²) < 4.78 is 10.6. The van der Waals surface area contributed by atoms with Gasteiger partial charge in [0.2, 0.25) is 0 Å². The number of benzene rings is 1. The van der Waals surface area contributed by atoms with Crippen LogP contribution in [-0.4, -0.2) is 18.1 Å². The number of ether oxygens (including phenoxy) is 2. The summed E-state index contributed by atoms with van der Waals surface area (Å²) in [6.07, 6.45) is 0.125.